The molecule has 2 fully saturated rings. The molecule has 2 heterocycles. The van der Waals surface area contributed by atoms with Gasteiger partial charge in [-0.25, -0.2) is 0 Å². The van der Waals surface area contributed by atoms with Gasteiger partial charge in [0.15, 0.2) is 0 Å². The highest BCUT2D eigenvalue weighted by atomic mass is 16.6. The van der Waals surface area contributed by atoms with Gasteiger partial charge < -0.3 is 9.47 Å². The van der Waals surface area contributed by atoms with Gasteiger partial charge in [0.05, 0.1) is 12.2 Å². The van der Waals surface area contributed by atoms with Gasteiger partial charge >= 0.3 is 0 Å². The standard InChI is InChI=1S/C10H10O2/c1-3-7-9(11-7)5(1)6-2-4-8-10(6)12-8/h1-10H. The summed E-state index contributed by atoms with van der Waals surface area (Å²) in [6, 6.07) is 0. The highest BCUT2D eigenvalue weighted by Gasteiger charge is 2.56. The van der Waals surface area contributed by atoms with Crippen LogP contribution in [0.2, 0.25) is 0 Å². The van der Waals surface area contributed by atoms with Crippen LogP contribution < -0.4 is 0 Å². The molecule has 0 aromatic heterocycles. The van der Waals surface area contributed by atoms with Crippen LogP contribution in [0, 0.1) is 11.8 Å². The predicted octanol–water partition coefficient (Wildman–Crippen LogP) is 0.893. The molecule has 2 nitrogen and oxygen atoms in total. The number of rotatable bonds is 1. The van der Waals surface area contributed by atoms with Gasteiger partial charge in [-0.2, -0.15) is 0 Å². The fourth-order valence-corrected chi connectivity index (χ4v) is 2.59. The molecule has 2 saturated heterocycles. The first kappa shape index (κ1) is 5.95. The molecule has 4 rings (SSSR count). The molecule has 0 N–H and O–H groups in total. The summed E-state index contributed by atoms with van der Waals surface area (Å²) in [5, 5.41) is 0. The molecule has 4 aliphatic rings. The van der Waals surface area contributed by atoms with Crippen LogP contribution >= 0.6 is 0 Å². The van der Waals surface area contributed by atoms with Gasteiger partial charge in [0, 0.05) is 11.8 Å². The third-order valence-electron chi connectivity index (χ3n) is 3.37. The Morgan fingerprint density at radius 3 is 1.42 bits per heavy atom. The van der Waals surface area contributed by atoms with Crippen molar-refractivity contribution in [3.63, 3.8) is 0 Å². The van der Waals surface area contributed by atoms with E-state index in [1.165, 1.54) is 0 Å². The van der Waals surface area contributed by atoms with Crippen LogP contribution in [0.5, 0.6) is 0 Å². The Balaban J connectivity index is 1.64. The highest BCUT2D eigenvalue weighted by Crippen LogP contribution is 2.49. The molecule has 0 saturated carbocycles. The Morgan fingerprint density at radius 1 is 0.667 bits per heavy atom. The second-order valence-electron chi connectivity index (χ2n) is 4.06. The van der Waals surface area contributed by atoms with Crippen LogP contribution in [0.25, 0.3) is 0 Å². The second kappa shape index (κ2) is 1.68. The number of hydrogen-bond acceptors (Lipinski definition) is 2. The average molecular weight is 162 g/mol. The molecule has 0 radical (unpaired) electrons. The summed E-state index contributed by atoms with van der Waals surface area (Å²) in [6.45, 7) is 0. The van der Waals surface area contributed by atoms with Gasteiger partial charge in [-0.15, -0.1) is 0 Å². The normalized spacial score (nSPS) is 63.3. The summed E-state index contributed by atoms with van der Waals surface area (Å²) in [5.74, 6) is 1.20. The van der Waals surface area contributed by atoms with E-state index < -0.39 is 0 Å². The zero-order chi connectivity index (χ0) is 7.71. The van der Waals surface area contributed by atoms with Crippen molar-refractivity contribution in [2.75, 3.05) is 0 Å². The van der Waals surface area contributed by atoms with E-state index in [1.54, 1.807) is 0 Å². The van der Waals surface area contributed by atoms with E-state index in [0.717, 1.165) is 0 Å². The Labute approximate surface area is 70.8 Å². The Morgan fingerprint density at radius 2 is 1.17 bits per heavy atom. The smallest absolute Gasteiger partial charge is 0.103 e. The van der Waals surface area contributed by atoms with Crippen LogP contribution in [0.4, 0.5) is 0 Å². The summed E-state index contributed by atoms with van der Waals surface area (Å²) >= 11 is 0. The van der Waals surface area contributed by atoms with Crippen molar-refractivity contribution in [2.45, 2.75) is 24.4 Å². The number of ether oxygens (including phenoxy) is 2. The first-order valence-corrected chi connectivity index (χ1v) is 4.61. The molecule has 0 spiro atoms. The second-order valence-corrected chi connectivity index (χ2v) is 4.06. The predicted molar refractivity (Wildman–Crippen MR) is 42.6 cm³/mol. The van der Waals surface area contributed by atoms with Crippen LogP contribution in [0.15, 0.2) is 24.3 Å². The zero-order valence-corrected chi connectivity index (χ0v) is 6.59. The monoisotopic (exact) mass is 162 g/mol. The fourth-order valence-electron chi connectivity index (χ4n) is 2.59. The van der Waals surface area contributed by atoms with E-state index >= 15 is 0 Å². The molecular formula is C10H10O2. The summed E-state index contributed by atoms with van der Waals surface area (Å²) < 4.78 is 10.9. The van der Waals surface area contributed by atoms with Crippen molar-refractivity contribution in [1.82, 2.24) is 0 Å². The Bertz CT molecular complexity index is 264. The average Bonchev–Trinajstić information content (AvgIpc) is 2.95. The van der Waals surface area contributed by atoms with Gasteiger partial charge in [0.2, 0.25) is 0 Å². The maximum absolute atomic E-state index is 5.47. The lowest BCUT2D eigenvalue weighted by atomic mass is 9.90. The quantitative estimate of drug-likeness (QED) is 0.422. The summed E-state index contributed by atoms with van der Waals surface area (Å²) in [5.41, 5.74) is 0. The lowest BCUT2D eigenvalue weighted by Gasteiger charge is -2.14. The number of fused-ring (bicyclic) bond motifs is 2. The minimum absolute atomic E-state index is 0.446. The van der Waals surface area contributed by atoms with Gasteiger partial charge in [0.1, 0.15) is 12.2 Å². The first-order valence-electron chi connectivity index (χ1n) is 4.61. The van der Waals surface area contributed by atoms with Crippen molar-refractivity contribution in [1.29, 1.82) is 0 Å². The SMILES string of the molecule is C1=CC(C2C=CC3OC32)C2OC12. The topological polar surface area (TPSA) is 25.1 Å². The minimum atomic E-state index is 0.446. The van der Waals surface area contributed by atoms with Gasteiger partial charge in [-0.05, 0) is 0 Å². The lowest BCUT2D eigenvalue weighted by Crippen LogP contribution is -2.18. The Kier molecular flexibility index (Phi) is 0.832. The summed E-state index contributed by atoms with van der Waals surface area (Å²) in [4.78, 5) is 0. The molecule has 12 heavy (non-hydrogen) atoms. The number of epoxide rings is 2. The van der Waals surface area contributed by atoms with E-state index in [2.05, 4.69) is 24.3 Å². The van der Waals surface area contributed by atoms with Crippen molar-refractivity contribution >= 4 is 0 Å². The van der Waals surface area contributed by atoms with Gasteiger partial charge in [-0.1, -0.05) is 24.3 Å². The lowest BCUT2D eigenvalue weighted by molar-refractivity contribution is 0.259. The van der Waals surface area contributed by atoms with E-state index in [1.807, 2.05) is 0 Å². The highest BCUT2D eigenvalue weighted by molar-refractivity contribution is 5.27. The molecule has 2 heteroatoms. The van der Waals surface area contributed by atoms with Gasteiger partial charge in [-0.3, -0.25) is 0 Å². The largest absolute Gasteiger partial charge is 0.364 e. The molecule has 6 unspecified atom stereocenters. The number of hydrogen-bond donors (Lipinski definition) is 0. The molecule has 2 aliphatic heterocycles. The molecule has 0 bridgehead atoms. The maximum atomic E-state index is 5.47. The van der Waals surface area contributed by atoms with Crippen molar-refractivity contribution in [2.24, 2.45) is 11.8 Å². The van der Waals surface area contributed by atoms with Crippen molar-refractivity contribution in [3.8, 4) is 0 Å². The van der Waals surface area contributed by atoms with Gasteiger partial charge in [0.25, 0.3) is 0 Å². The van der Waals surface area contributed by atoms with E-state index in [-0.39, 0.29) is 0 Å². The van der Waals surface area contributed by atoms with E-state index in [9.17, 15) is 0 Å². The van der Waals surface area contributed by atoms with Crippen LogP contribution in [-0.4, -0.2) is 24.4 Å². The third-order valence-corrected chi connectivity index (χ3v) is 3.37. The van der Waals surface area contributed by atoms with Crippen LogP contribution in [-0.2, 0) is 9.47 Å². The molecule has 0 aromatic rings. The zero-order valence-electron chi connectivity index (χ0n) is 6.59. The molecule has 0 aromatic carbocycles. The molecule has 2 aliphatic carbocycles. The molecular weight excluding hydrogens is 152 g/mol. The molecule has 0 amide bonds. The van der Waals surface area contributed by atoms with Crippen LogP contribution in [0.1, 0.15) is 0 Å². The Hall–Kier alpha value is -0.600. The van der Waals surface area contributed by atoms with E-state index in [4.69, 9.17) is 9.47 Å². The van der Waals surface area contributed by atoms with E-state index in [0.29, 0.717) is 36.3 Å². The van der Waals surface area contributed by atoms with Crippen LogP contribution in [0.3, 0.4) is 0 Å². The molecule has 62 valence electrons. The van der Waals surface area contributed by atoms with Crippen molar-refractivity contribution < 1.29 is 9.47 Å². The minimum Gasteiger partial charge on any atom is -0.364 e. The third kappa shape index (κ3) is 0.595. The fraction of sp³-hybridized carbons (Fsp3) is 0.600. The summed E-state index contributed by atoms with van der Waals surface area (Å²) in [6.07, 6.45) is 10.9. The van der Waals surface area contributed by atoms with Crippen molar-refractivity contribution in [3.05, 3.63) is 24.3 Å². The molecule has 6 atom stereocenters. The maximum Gasteiger partial charge on any atom is 0.103 e. The summed E-state index contributed by atoms with van der Waals surface area (Å²) in [7, 11) is 0. The first-order chi connectivity index (χ1) is 5.93.